The standard InChI is InChI=1S/C14H15NOS2/c1-11(18-12-6-3-2-4-7-12)14(16)15-10-13-8-5-9-17-13/h2-9,11H,10H2,1H3,(H,15,16)/t11-/m0/s1. The highest BCUT2D eigenvalue weighted by Crippen LogP contribution is 2.22. The van der Waals surface area contributed by atoms with Gasteiger partial charge in [-0.15, -0.1) is 23.1 Å². The molecule has 1 N–H and O–H groups in total. The Labute approximate surface area is 115 Å². The van der Waals surface area contributed by atoms with E-state index in [1.54, 1.807) is 23.1 Å². The Balaban J connectivity index is 1.82. The van der Waals surface area contributed by atoms with Crippen LogP contribution in [0, 0.1) is 0 Å². The molecule has 0 unspecified atom stereocenters. The molecule has 2 nitrogen and oxygen atoms in total. The molecular weight excluding hydrogens is 262 g/mol. The van der Waals surface area contributed by atoms with E-state index in [1.165, 1.54) is 4.88 Å². The van der Waals surface area contributed by atoms with Crippen molar-refractivity contribution in [2.45, 2.75) is 23.6 Å². The molecule has 1 heterocycles. The van der Waals surface area contributed by atoms with Crippen LogP contribution in [0.1, 0.15) is 11.8 Å². The van der Waals surface area contributed by atoms with Crippen molar-refractivity contribution in [3.63, 3.8) is 0 Å². The second-order valence-corrected chi connectivity index (χ2v) is 6.32. The fourth-order valence-electron chi connectivity index (χ4n) is 1.49. The van der Waals surface area contributed by atoms with Crippen LogP contribution in [0.25, 0.3) is 0 Å². The van der Waals surface area contributed by atoms with Gasteiger partial charge in [-0.05, 0) is 30.5 Å². The van der Waals surface area contributed by atoms with Gasteiger partial charge in [0.1, 0.15) is 0 Å². The van der Waals surface area contributed by atoms with Gasteiger partial charge in [0, 0.05) is 9.77 Å². The van der Waals surface area contributed by atoms with Gasteiger partial charge in [-0.1, -0.05) is 24.3 Å². The third-order valence-corrected chi connectivity index (χ3v) is 4.43. The molecule has 0 saturated heterocycles. The number of nitrogens with one attached hydrogen (secondary N) is 1. The smallest absolute Gasteiger partial charge is 0.233 e. The van der Waals surface area contributed by atoms with Gasteiger partial charge in [0.25, 0.3) is 0 Å². The molecule has 2 rings (SSSR count). The van der Waals surface area contributed by atoms with Crippen LogP contribution >= 0.6 is 23.1 Å². The van der Waals surface area contributed by atoms with E-state index >= 15 is 0 Å². The predicted molar refractivity (Wildman–Crippen MR) is 77.9 cm³/mol. The predicted octanol–water partition coefficient (Wildman–Crippen LogP) is 3.55. The highest BCUT2D eigenvalue weighted by atomic mass is 32.2. The highest BCUT2D eigenvalue weighted by molar-refractivity contribution is 8.00. The van der Waals surface area contributed by atoms with E-state index in [1.807, 2.05) is 54.8 Å². The van der Waals surface area contributed by atoms with Crippen molar-refractivity contribution in [1.82, 2.24) is 5.32 Å². The fraction of sp³-hybridized carbons (Fsp3) is 0.214. The van der Waals surface area contributed by atoms with Gasteiger partial charge in [-0.2, -0.15) is 0 Å². The second-order valence-electron chi connectivity index (χ2n) is 3.87. The van der Waals surface area contributed by atoms with Gasteiger partial charge >= 0.3 is 0 Å². The number of hydrogen-bond acceptors (Lipinski definition) is 3. The molecule has 1 aromatic carbocycles. The number of carbonyl (C=O) groups excluding carboxylic acids is 1. The normalized spacial score (nSPS) is 12.1. The largest absolute Gasteiger partial charge is 0.350 e. The summed E-state index contributed by atoms with van der Waals surface area (Å²) in [6.07, 6.45) is 0. The van der Waals surface area contributed by atoms with Crippen LogP contribution in [0.15, 0.2) is 52.7 Å². The first-order valence-electron chi connectivity index (χ1n) is 5.77. The molecule has 0 bridgehead atoms. The molecule has 1 aromatic heterocycles. The Morgan fingerprint density at radius 3 is 2.72 bits per heavy atom. The summed E-state index contributed by atoms with van der Waals surface area (Å²) in [5.74, 6) is 0.0808. The first-order valence-corrected chi connectivity index (χ1v) is 7.53. The minimum Gasteiger partial charge on any atom is -0.350 e. The molecule has 0 fully saturated rings. The number of hydrogen-bond donors (Lipinski definition) is 1. The fourth-order valence-corrected chi connectivity index (χ4v) is 3.05. The van der Waals surface area contributed by atoms with Crippen LogP contribution in [0.2, 0.25) is 0 Å². The molecule has 0 radical (unpaired) electrons. The summed E-state index contributed by atoms with van der Waals surface area (Å²) in [6, 6.07) is 14.0. The minimum absolute atomic E-state index is 0.0765. The number of benzene rings is 1. The maximum Gasteiger partial charge on any atom is 0.233 e. The molecule has 0 spiro atoms. The third-order valence-electron chi connectivity index (χ3n) is 2.44. The molecule has 1 amide bonds. The average Bonchev–Trinajstić information content (AvgIpc) is 2.90. The lowest BCUT2D eigenvalue weighted by molar-refractivity contribution is -0.120. The lowest BCUT2D eigenvalue weighted by Crippen LogP contribution is -2.30. The second kappa shape index (κ2) is 6.61. The summed E-state index contributed by atoms with van der Waals surface area (Å²) < 4.78 is 0. The lowest BCUT2D eigenvalue weighted by atomic mass is 10.4. The summed E-state index contributed by atoms with van der Waals surface area (Å²) in [4.78, 5) is 14.2. The topological polar surface area (TPSA) is 29.1 Å². The number of amides is 1. The zero-order chi connectivity index (χ0) is 12.8. The molecule has 18 heavy (non-hydrogen) atoms. The van der Waals surface area contributed by atoms with Gasteiger partial charge in [0.05, 0.1) is 11.8 Å². The number of thioether (sulfide) groups is 1. The lowest BCUT2D eigenvalue weighted by Gasteiger charge is -2.11. The maximum absolute atomic E-state index is 11.9. The minimum atomic E-state index is -0.0765. The molecule has 0 aliphatic carbocycles. The first kappa shape index (κ1) is 13.2. The zero-order valence-corrected chi connectivity index (χ0v) is 11.8. The van der Waals surface area contributed by atoms with E-state index in [2.05, 4.69) is 5.32 Å². The summed E-state index contributed by atoms with van der Waals surface area (Å²) in [6.45, 7) is 2.55. The SMILES string of the molecule is C[C@H](Sc1ccccc1)C(=O)NCc1cccs1. The van der Waals surface area contributed by atoms with Crippen LogP contribution in [0.5, 0.6) is 0 Å². The Bertz CT molecular complexity index is 482. The molecule has 4 heteroatoms. The van der Waals surface area contributed by atoms with Crippen LogP contribution in [-0.4, -0.2) is 11.2 Å². The van der Waals surface area contributed by atoms with E-state index in [4.69, 9.17) is 0 Å². The average molecular weight is 277 g/mol. The first-order chi connectivity index (χ1) is 8.75. The van der Waals surface area contributed by atoms with Crippen molar-refractivity contribution in [2.24, 2.45) is 0 Å². The Kier molecular flexibility index (Phi) is 4.84. The van der Waals surface area contributed by atoms with Gasteiger partial charge < -0.3 is 5.32 Å². The highest BCUT2D eigenvalue weighted by Gasteiger charge is 2.13. The number of thiophene rings is 1. The molecular formula is C14H15NOS2. The van der Waals surface area contributed by atoms with E-state index in [-0.39, 0.29) is 11.2 Å². The zero-order valence-electron chi connectivity index (χ0n) is 10.1. The van der Waals surface area contributed by atoms with E-state index in [9.17, 15) is 4.79 Å². The van der Waals surface area contributed by atoms with Crippen molar-refractivity contribution in [3.05, 3.63) is 52.7 Å². The summed E-state index contributed by atoms with van der Waals surface area (Å²) in [7, 11) is 0. The summed E-state index contributed by atoms with van der Waals surface area (Å²) in [5, 5.41) is 4.90. The van der Waals surface area contributed by atoms with Crippen LogP contribution in [0.3, 0.4) is 0 Å². The summed E-state index contributed by atoms with van der Waals surface area (Å²) >= 11 is 3.24. The van der Waals surface area contributed by atoms with Gasteiger partial charge in [0.15, 0.2) is 0 Å². The molecule has 1 atom stereocenters. The van der Waals surface area contributed by atoms with E-state index in [0.717, 1.165) is 4.90 Å². The monoisotopic (exact) mass is 277 g/mol. The van der Waals surface area contributed by atoms with Crippen molar-refractivity contribution in [2.75, 3.05) is 0 Å². The van der Waals surface area contributed by atoms with Crippen molar-refractivity contribution >= 4 is 29.0 Å². The van der Waals surface area contributed by atoms with Crippen LogP contribution in [-0.2, 0) is 11.3 Å². The molecule has 0 aliphatic heterocycles. The quantitative estimate of drug-likeness (QED) is 0.847. The maximum atomic E-state index is 11.9. The van der Waals surface area contributed by atoms with E-state index < -0.39 is 0 Å². The molecule has 0 saturated carbocycles. The van der Waals surface area contributed by atoms with Crippen LogP contribution < -0.4 is 5.32 Å². The molecule has 2 aromatic rings. The Hall–Kier alpha value is -1.26. The van der Waals surface area contributed by atoms with Crippen LogP contribution in [0.4, 0.5) is 0 Å². The Morgan fingerprint density at radius 1 is 1.28 bits per heavy atom. The number of rotatable bonds is 5. The van der Waals surface area contributed by atoms with Gasteiger partial charge in [-0.25, -0.2) is 0 Å². The van der Waals surface area contributed by atoms with Crippen molar-refractivity contribution < 1.29 is 4.79 Å². The van der Waals surface area contributed by atoms with Crippen molar-refractivity contribution in [1.29, 1.82) is 0 Å². The molecule has 94 valence electrons. The van der Waals surface area contributed by atoms with Gasteiger partial charge in [0.2, 0.25) is 5.91 Å². The molecule has 0 aliphatic rings. The van der Waals surface area contributed by atoms with Gasteiger partial charge in [-0.3, -0.25) is 4.79 Å². The Morgan fingerprint density at radius 2 is 2.06 bits per heavy atom. The summed E-state index contributed by atoms with van der Waals surface area (Å²) in [5.41, 5.74) is 0. The third kappa shape index (κ3) is 3.89. The number of carbonyl (C=O) groups is 1. The van der Waals surface area contributed by atoms with Crippen molar-refractivity contribution in [3.8, 4) is 0 Å². The van der Waals surface area contributed by atoms with E-state index in [0.29, 0.717) is 6.54 Å².